The maximum atomic E-state index is 13.2. The van der Waals surface area contributed by atoms with E-state index in [0.717, 1.165) is 5.56 Å². The van der Waals surface area contributed by atoms with Crippen LogP contribution in [0.3, 0.4) is 0 Å². The Bertz CT molecular complexity index is 1010. The molecule has 2 aliphatic rings. The summed E-state index contributed by atoms with van der Waals surface area (Å²) in [6.07, 6.45) is 2.03. The monoisotopic (exact) mass is 528 g/mol. The van der Waals surface area contributed by atoms with Crippen LogP contribution in [0.15, 0.2) is 21.5 Å². The van der Waals surface area contributed by atoms with Gasteiger partial charge in [0.25, 0.3) is 0 Å². The van der Waals surface area contributed by atoms with Gasteiger partial charge >= 0.3 is 5.97 Å². The number of sulfone groups is 1. The maximum Gasteiger partial charge on any atom is 0.310 e. The van der Waals surface area contributed by atoms with Crippen molar-refractivity contribution in [2.24, 2.45) is 5.92 Å². The van der Waals surface area contributed by atoms with Gasteiger partial charge in [-0.3, -0.25) is 14.4 Å². The summed E-state index contributed by atoms with van der Waals surface area (Å²) in [5.74, 6) is -1.47. The smallest absolute Gasteiger partial charge is 0.310 e. The Balaban J connectivity index is 1.74. The first-order valence-corrected chi connectivity index (χ1v) is 13.4. The van der Waals surface area contributed by atoms with Crippen LogP contribution >= 0.6 is 15.9 Å². The molecule has 3 rings (SSSR count). The minimum absolute atomic E-state index is 0.0806. The molecule has 176 valence electrons. The SMILES string of the molecule is CCOC(=O)[C@H]1CCCN(C(=O)CCS(=O)(=O)c2cc(Br)cc3c2N(C(=O)CC)CC3)C1. The van der Waals surface area contributed by atoms with Crippen molar-refractivity contribution >= 4 is 49.2 Å². The number of ether oxygens (including phenoxy) is 1. The standard InChI is InChI=1S/C22H29BrN2O6S/c1-3-19(26)25-10-7-15-12-17(23)13-18(21(15)25)32(29,30)11-8-20(27)24-9-5-6-16(14-24)22(28)31-4-2/h12-13,16H,3-11,14H2,1-2H3/t16-/m0/s1. The van der Waals surface area contributed by atoms with Crippen molar-refractivity contribution in [2.45, 2.75) is 50.8 Å². The molecule has 0 aromatic heterocycles. The van der Waals surface area contributed by atoms with Gasteiger partial charge in [0.2, 0.25) is 11.8 Å². The molecule has 0 spiro atoms. The van der Waals surface area contributed by atoms with E-state index < -0.39 is 9.84 Å². The fourth-order valence-electron chi connectivity index (χ4n) is 4.29. The second kappa shape index (κ2) is 10.3. The Morgan fingerprint density at radius 1 is 1.16 bits per heavy atom. The first kappa shape index (κ1) is 24.7. The van der Waals surface area contributed by atoms with Gasteiger partial charge < -0.3 is 14.5 Å². The van der Waals surface area contributed by atoms with E-state index in [-0.39, 0.29) is 60.3 Å². The highest BCUT2D eigenvalue weighted by Gasteiger charge is 2.33. The number of piperidine rings is 1. The van der Waals surface area contributed by atoms with Gasteiger partial charge in [0.15, 0.2) is 9.84 Å². The van der Waals surface area contributed by atoms with Crippen molar-refractivity contribution in [3.63, 3.8) is 0 Å². The van der Waals surface area contributed by atoms with E-state index in [1.165, 1.54) is 11.0 Å². The van der Waals surface area contributed by atoms with Crippen molar-refractivity contribution in [1.29, 1.82) is 0 Å². The maximum absolute atomic E-state index is 13.2. The van der Waals surface area contributed by atoms with Gasteiger partial charge in [-0.1, -0.05) is 22.9 Å². The molecule has 0 radical (unpaired) electrons. The molecule has 2 amide bonds. The van der Waals surface area contributed by atoms with E-state index in [1.807, 2.05) is 6.07 Å². The number of carbonyl (C=O) groups excluding carboxylic acids is 3. The van der Waals surface area contributed by atoms with Gasteiger partial charge in [0.05, 0.1) is 28.9 Å². The Morgan fingerprint density at radius 3 is 2.59 bits per heavy atom. The van der Waals surface area contributed by atoms with Crippen LogP contribution in [0.25, 0.3) is 0 Å². The average Bonchev–Trinajstić information content (AvgIpc) is 3.20. The second-order valence-corrected chi connectivity index (χ2v) is 11.1. The van der Waals surface area contributed by atoms with E-state index in [4.69, 9.17) is 4.74 Å². The quantitative estimate of drug-likeness (QED) is 0.504. The summed E-state index contributed by atoms with van der Waals surface area (Å²) in [6.45, 7) is 4.97. The Labute approximate surface area is 197 Å². The average molecular weight is 529 g/mol. The highest BCUT2D eigenvalue weighted by molar-refractivity contribution is 9.10. The van der Waals surface area contributed by atoms with Crippen LogP contribution in [0.2, 0.25) is 0 Å². The number of hydrogen-bond donors (Lipinski definition) is 0. The predicted molar refractivity (Wildman–Crippen MR) is 123 cm³/mol. The lowest BCUT2D eigenvalue weighted by Crippen LogP contribution is -2.43. The molecule has 1 aromatic rings. The van der Waals surface area contributed by atoms with E-state index in [2.05, 4.69) is 15.9 Å². The van der Waals surface area contributed by atoms with Crippen molar-refractivity contribution in [3.8, 4) is 0 Å². The zero-order valence-corrected chi connectivity index (χ0v) is 20.8. The third-order valence-electron chi connectivity index (χ3n) is 5.91. The Morgan fingerprint density at radius 2 is 1.91 bits per heavy atom. The van der Waals surface area contributed by atoms with Gasteiger partial charge in [-0.2, -0.15) is 0 Å². The lowest BCUT2D eigenvalue weighted by Gasteiger charge is -2.31. The number of benzene rings is 1. The number of hydrogen-bond acceptors (Lipinski definition) is 6. The largest absolute Gasteiger partial charge is 0.466 e. The van der Waals surface area contributed by atoms with Crippen molar-refractivity contribution in [2.75, 3.05) is 36.9 Å². The van der Waals surface area contributed by atoms with Gasteiger partial charge in [-0.15, -0.1) is 0 Å². The number of fused-ring (bicyclic) bond motifs is 1. The van der Waals surface area contributed by atoms with Crippen LogP contribution in [0.5, 0.6) is 0 Å². The number of rotatable bonds is 7. The molecular weight excluding hydrogens is 500 g/mol. The molecule has 1 aromatic carbocycles. The number of likely N-dealkylation sites (tertiary alicyclic amines) is 1. The van der Waals surface area contributed by atoms with Gasteiger partial charge in [-0.25, -0.2) is 8.42 Å². The van der Waals surface area contributed by atoms with Gasteiger partial charge in [0.1, 0.15) is 0 Å². The fraction of sp³-hybridized carbons (Fsp3) is 0.591. The first-order valence-electron chi connectivity index (χ1n) is 11.0. The molecule has 32 heavy (non-hydrogen) atoms. The Hall–Kier alpha value is -1.94. The number of amides is 2. The summed E-state index contributed by atoms with van der Waals surface area (Å²) in [4.78, 5) is 40.3. The summed E-state index contributed by atoms with van der Waals surface area (Å²) in [5.41, 5.74) is 1.24. The minimum atomic E-state index is -3.82. The summed E-state index contributed by atoms with van der Waals surface area (Å²) in [7, 11) is -3.82. The van der Waals surface area contributed by atoms with Crippen LogP contribution in [-0.4, -0.2) is 63.1 Å². The number of esters is 1. The summed E-state index contributed by atoms with van der Waals surface area (Å²) >= 11 is 3.37. The molecule has 1 saturated heterocycles. The number of carbonyl (C=O) groups is 3. The topological polar surface area (TPSA) is 101 Å². The molecule has 8 nitrogen and oxygen atoms in total. The summed E-state index contributed by atoms with van der Waals surface area (Å²) in [6, 6.07) is 3.35. The molecule has 0 N–H and O–H groups in total. The van der Waals surface area contributed by atoms with E-state index in [9.17, 15) is 22.8 Å². The van der Waals surface area contributed by atoms with Gasteiger partial charge in [-0.05, 0) is 43.9 Å². The lowest BCUT2D eigenvalue weighted by atomic mass is 9.98. The van der Waals surface area contributed by atoms with Crippen LogP contribution in [0, 0.1) is 5.92 Å². The minimum Gasteiger partial charge on any atom is -0.466 e. The molecule has 1 fully saturated rings. The van der Waals surface area contributed by atoms with Crippen LogP contribution in [0.1, 0.15) is 45.1 Å². The molecule has 0 bridgehead atoms. The molecule has 0 saturated carbocycles. The highest BCUT2D eigenvalue weighted by atomic mass is 79.9. The zero-order valence-electron chi connectivity index (χ0n) is 18.4. The van der Waals surface area contributed by atoms with Gasteiger partial charge in [0, 0.05) is 36.9 Å². The summed E-state index contributed by atoms with van der Waals surface area (Å²) < 4.78 is 32.2. The van der Waals surface area contributed by atoms with Crippen molar-refractivity contribution < 1.29 is 27.5 Å². The third-order valence-corrected chi connectivity index (χ3v) is 8.09. The van der Waals surface area contributed by atoms with Crippen molar-refractivity contribution in [1.82, 2.24) is 4.90 Å². The molecule has 0 aliphatic carbocycles. The van der Waals surface area contributed by atoms with Crippen molar-refractivity contribution in [3.05, 3.63) is 22.2 Å². The second-order valence-electron chi connectivity index (χ2n) is 8.06. The van der Waals surface area contributed by atoms with Crippen LogP contribution in [-0.2, 0) is 35.4 Å². The molecule has 1 atom stereocenters. The van der Waals surface area contributed by atoms with Crippen LogP contribution in [0.4, 0.5) is 5.69 Å². The number of halogens is 1. The normalized spacial score (nSPS) is 18.4. The predicted octanol–water partition coefficient (Wildman–Crippen LogP) is 2.71. The van der Waals surface area contributed by atoms with Crippen LogP contribution < -0.4 is 4.90 Å². The van der Waals surface area contributed by atoms with E-state index >= 15 is 0 Å². The number of nitrogens with zero attached hydrogens (tertiary/aromatic N) is 2. The molecule has 10 heteroatoms. The lowest BCUT2D eigenvalue weighted by molar-refractivity contribution is -0.151. The van der Waals surface area contributed by atoms with E-state index in [0.29, 0.717) is 42.5 Å². The molecule has 0 unspecified atom stereocenters. The highest BCUT2D eigenvalue weighted by Crippen LogP contribution is 2.38. The molecule has 2 heterocycles. The molecular formula is C22H29BrN2O6S. The first-order chi connectivity index (χ1) is 15.2. The number of anilines is 1. The Kier molecular flexibility index (Phi) is 7.97. The zero-order chi connectivity index (χ0) is 23.5. The molecule has 2 aliphatic heterocycles. The summed E-state index contributed by atoms with van der Waals surface area (Å²) in [5, 5.41) is 0. The van der Waals surface area contributed by atoms with E-state index in [1.54, 1.807) is 18.7 Å². The third kappa shape index (κ3) is 5.33. The fourth-order valence-corrected chi connectivity index (χ4v) is 6.45.